The number of rotatable bonds is 5. The maximum atomic E-state index is 4.49. The predicted molar refractivity (Wildman–Crippen MR) is 182 cm³/mol. The summed E-state index contributed by atoms with van der Waals surface area (Å²) in [5.74, 6) is 0.672. The van der Waals surface area contributed by atoms with Crippen LogP contribution in [0.3, 0.4) is 0 Å². The third-order valence-corrected chi connectivity index (χ3v) is 11.7. The molecule has 2 aromatic heterocycles. The summed E-state index contributed by atoms with van der Waals surface area (Å²) in [5, 5.41) is 1.56. The monoisotopic (exact) mass is 578 g/mol. The molecule has 2 nitrogen and oxygen atoms in total. The molecule has 5 aromatic rings. The van der Waals surface area contributed by atoms with Crippen LogP contribution in [0.15, 0.2) is 116 Å². The number of aryl methyl sites for hydroxylation is 1. The van der Waals surface area contributed by atoms with Crippen molar-refractivity contribution in [3.8, 4) is 33.6 Å². The quantitative estimate of drug-likeness (QED) is 0.112. The summed E-state index contributed by atoms with van der Waals surface area (Å²) in [6.45, 7) is 18.9. The van der Waals surface area contributed by atoms with Gasteiger partial charge in [0, 0.05) is 28.4 Å². The van der Waals surface area contributed by atoms with Gasteiger partial charge in [-0.15, -0.1) is 0 Å². The van der Waals surface area contributed by atoms with Gasteiger partial charge in [0.1, 0.15) is 5.92 Å². The van der Waals surface area contributed by atoms with Crippen molar-refractivity contribution < 1.29 is 9.13 Å². The van der Waals surface area contributed by atoms with Crippen LogP contribution < -0.4 is 14.3 Å². The molecule has 4 heterocycles. The highest BCUT2D eigenvalue weighted by atomic mass is 28.3. The van der Waals surface area contributed by atoms with E-state index in [4.69, 9.17) is 0 Å². The Labute approximate surface area is 258 Å². The lowest BCUT2D eigenvalue weighted by atomic mass is 9.76. The van der Waals surface area contributed by atoms with E-state index in [1.165, 1.54) is 55.9 Å². The van der Waals surface area contributed by atoms with Gasteiger partial charge >= 0.3 is 0 Å². The summed E-state index contributed by atoms with van der Waals surface area (Å²) >= 11 is 0. The summed E-state index contributed by atoms with van der Waals surface area (Å²) in [4.78, 5) is 0. The van der Waals surface area contributed by atoms with Crippen molar-refractivity contribution in [2.75, 3.05) is 0 Å². The average Bonchev–Trinajstić information content (AvgIpc) is 3.31. The van der Waals surface area contributed by atoms with Crippen LogP contribution in [-0.2, 0) is 0 Å². The van der Waals surface area contributed by atoms with Crippen LogP contribution in [-0.4, -0.2) is 8.07 Å². The first-order valence-corrected chi connectivity index (χ1v) is 19.2. The lowest BCUT2D eigenvalue weighted by Gasteiger charge is -2.33. The largest absolute Gasteiger partial charge is 0.214 e. The normalized spacial score (nSPS) is 18.5. The number of hydrogen-bond donors (Lipinski definition) is 0. The molecule has 2 aliphatic heterocycles. The smallest absolute Gasteiger partial charge is 0.191 e. The Morgan fingerprint density at radius 3 is 1.98 bits per heavy atom. The first-order chi connectivity index (χ1) is 20.7. The van der Waals surface area contributed by atoms with Gasteiger partial charge in [-0.2, -0.15) is 9.13 Å². The highest BCUT2D eigenvalue weighted by molar-refractivity contribution is 6.89. The molecule has 3 aromatic carbocycles. The Bertz CT molecular complexity index is 1880. The lowest BCUT2D eigenvalue weighted by molar-refractivity contribution is -0.739. The van der Waals surface area contributed by atoms with E-state index in [1.54, 1.807) is 5.19 Å². The fourth-order valence-corrected chi connectivity index (χ4v) is 9.45. The van der Waals surface area contributed by atoms with E-state index in [0.717, 1.165) is 0 Å². The summed E-state index contributed by atoms with van der Waals surface area (Å²) < 4.78 is 5.14. The van der Waals surface area contributed by atoms with Crippen LogP contribution in [0.25, 0.3) is 33.6 Å². The van der Waals surface area contributed by atoms with Crippen molar-refractivity contribution in [2.45, 2.75) is 64.3 Å². The van der Waals surface area contributed by atoms with Crippen molar-refractivity contribution >= 4 is 13.3 Å². The highest BCUT2D eigenvalue weighted by Gasteiger charge is 2.52. The second kappa shape index (κ2) is 10.3. The molecule has 3 unspecified atom stereocenters. The van der Waals surface area contributed by atoms with Crippen LogP contribution in [0.2, 0.25) is 19.6 Å². The number of allylic oxidation sites excluding steroid dienone is 1. The molecule has 43 heavy (non-hydrogen) atoms. The zero-order chi connectivity index (χ0) is 30.0. The molecular weight excluding hydrogens is 537 g/mol. The molecule has 3 atom stereocenters. The van der Waals surface area contributed by atoms with Crippen molar-refractivity contribution in [3.63, 3.8) is 0 Å². The van der Waals surface area contributed by atoms with Crippen LogP contribution in [0, 0.1) is 6.92 Å². The Balaban J connectivity index is 1.49. The van der Waals surface area contributed by atoms with E-state index in [0.29, 0.717) is 5.92 Å². The van der Waals surface area contributed by atoms with E-state index < -0.39 is 8.07 Å². The number of nitrogens with zero attached hydrogens (tertiary/aromatic N) is 2. The first kappa shape index (κ1) is 27.7. The fraction of sp³-hybridized carbons (Fsp3) is 0.250. The molecule has 0 radical (unpaired) electrons. The number of benzene rings is 3. The molecule has 7 rings (SSSR count). The van der Waals surface area contributed by atoms with Gasteiger partial charge in [0.15, 0.2) is 24.5 Å². The van der Waals surface area contributed by atoms with Crippen LogP contribution in [0.4, 0.5) is 0 Å². The van der Waals surface area contributed by atoms with Crippen molar-refractivity contribution in [2.24, 2.45) is 0 Å². The molecular formula is C40H42N2Si+2. The molecule has 0 N–H and O–H groups in total. The molecule has 0 amide bonds. The van der Waals surface area contributed by atoms with Crippen LogP contribution >= 0.6 is 0 Å². The van der Waals surface area contributed by atoms with E-state index in [1.807, 2.05) is 0 Å². The van der Waals surface area contributed by atoms with Gasteiger partial charge in [-0.1, -0.05) is 107 Å². The van der Waals surface area contributed by atoms with E-state index >= 15 is 0 Å². The van der Waals surface area contributed by atoms with Gasteiger partial charge in [-0.25, -0.2) is 0 Å². The van der Waals surface area contributed by atoms with E-state index in [2.05, 4.69) is 166 Å². The second-order valence-electron chi connectivity index (χ2n) is 13.7. The van der Waals surface area contributed by atoms with Gasteiger partial charge in [0.25, 0.3) is 0 Å². The Hall–Kier alpha value is -4.08. The zero-order valence-corrected chi connectivity index (χ0v) is 27.3. The summed E-state index contributed by atoms with van der Waals surface area (Å²) in [6, 6.07) is 34.2. The summed E-state index contributed by atoms with van der Waals surface area (Å²) in [7, 11) is -1.61. The maximum absolute atomic E-state index is 4.49. The number of hydrogen-bond acceptors (Lipinski definition) is 0. The SMILES string of the molecule is C=CC1C(C2c3ccccc3-c3cc(-c4ccccc4)c(C)c[n+]32)c2ccccc2-c2cc(C(C)C)c([Si](C)(C)C)c[n+]21. The summed E-state index contributed by atoms with van der Waals surface area (Å²) in [5.41, 5.74) is 13.4. The third-order valence-electron chi connectivity index (χ3n) is 9.70. The first-order valence-electron chi connectivity index (χ1n) is 15.7. The Morgan fingerprint density at radius 1 is 0.721 bits per heavy atom. The van der Waals surface area contributed by atoms with Crippen molar-refractivity contribution in [1.29, 1.82) is 0 Å². The molecule has 3 heteroatoms. The molecule has 214 valence electrons. The average molecular weight is 579 g/mol. The van der Waals surface area contributed by atoms with Gasteiger partial charge in [-0.3, -0.25) is 0 Å². The number of aromatic nitrogens is 2. The van der Waals surface area contributed by atoms with Crippen molar-refractivity contribution in [1.82, 2.24) is 0 Å². The maximum Gasteiger partial charge on any atom is 0.214 e. The van der Waals surface area contributed by atoms with Gasteiger partial charge < -0.3 is 0 Å². The topological polar surface area (TPSA) is 7.76 Å². The Kier molecular flexibility index (Phi) is 6.63. The van der Waals surface area contributed by atoms with Gasteiger partial charge in [0.05, 0.1) is 19.2 Å². The van der Waals surface area contributed by atoms with E-state index in [9.17, 15) is 0 Å². The highest BCUT2D eigenvalue weighted by Crippen LogP contribution is 2.50. The molecule has 0 fully saturated rings. The molecule has 0 aliphatic carbocycles. The number of pyridine rings is 2. The summed E-state index contributed by atoms with van der Waals surface area (Å²) in [6.07, 6.45) is 7.13. The molecule has 0 saturated heterocycles. The molecule has 0 saturated carbocycles. The molecule has 2 aliphatic rings. The van der Waals surface area contributed by atoms with E-state index in [-0.39, 0.29) is 18.0 Å². The predicted octanol–water partition coefficient (Wildman–Crippen LogP) is 8.67. The van der Waals surface area contributed by atoms with Gasteiger partial charge in [0.2, 0.25) is 11.4 Å². The van der Waals surface area contributed by atoms with Crippen molar-refractivity contribution in [3.05, 3.63) is 138 Å². The minimum Gasteiger partial charge on any atom is -0.191 e. The molecule has 0 spiro atoms. The minimum absolute atomic E-state index is 0.117. The third kappa shape index (κ3) is 4.36. The second-order valence-corrected chi connectivity index (χ2v) is 18.8. The number of fused-ring (bicyclic) bond motifs is 6. The lowest BCUT2D eigenvalue weighted by Crippen LogP contribution is -2.56. The van der Waals surface area contributed by atoms with Crippen LogP contribution in [0.1, 0.15) is 60.0 Å². The fourth-order valence-electron chi connectivity index (χ4n) is 7.70. The Morgan fingerprint density at radius 2 is 1.33 bits per heavy atom. The van der Waals surface area contributed by atoms with Gasteiger partial charge in [-0.05, 0) is 53.3 Å². The standard InChI is InChI=1S/C40H42N2Si/c1-8-35-39(31-20-14-12-18-29(31)36-22-33(26(2)3)38(25-41(35)36)43(5,6)7)40-32-21-15-13-19-30(32)37-23-34(27(4)24-42(37)40)28-16-10-9-11-17-28/h8-26,35,39-40H,1H2,2-7H3/q+2. The minimum atomic E-state index is -1.61. The molecule has 0 bridgehead atoms. The zero-order valence-electron chi connectivity index (χ0n) is 26.3. The van der Waals surface area contributed by atoms with Crippen LogP contribution in [0.5, 0.6) is 0 Å².